The maximum absolute atomic E-state index is 6.39. The van der Waals surface area contributed by atoms with Gasteiger partial charge in [-0.2, -0.15) is 0 Å². The minimum Gasteiger partial charge on any atom is -0.403 e. The van der Waals surface area contributed by atoms with Gasteiger partial charge in [-0.3, -0.25) is 0 Å². The Balaban J connectivity index is 1.80. The number of aryl methyl sites for hydroxylation is 1. The Kier molecular flexibility index (Phi) is 5.90. The summed E-state index contributed by atoms with van der Waals surface area (Å²) >= 11 is 0. The molecule has 0 amide bonds. The van der Waals surface area contributed by atoms with Crippen molar-refractivity contribution >= 4 is 14.2 Å². The van der Waals surface area contributed by atoms with E-state index < -0.39 is 0 Å². The van der Waals surface area contributed by atoms with Crippen molar-refractivity contribution in [1.82, 2.24) is 0 Å². The predicted octanol–water partition coefficient (Wildman–Crippen LogP) is 5.36. The molecule has 1 aromatic carbocycles. The van der Waals surface area contributed by atoms with Gasteiger partial charge in [0.05, 0.1) is 22.4 Å². The van der Waals surface area contributed by atoms with Crippen molar-refractivity contribution in [2.75, 3.05) is 0 Å². The molecule has 2 fully saturated rings. The predicted molar refractivity (Wildman–Crippen MR) is 120 cm³/mol. The molecule has 0 bridgehead atoms. The summed E-state index contributed by atoms with van der Waals surface area (Å²) in [4.78, 5) is 0. The zero-order valence-electron chi connectivity index (χ0n) is 19.5. The molecule has 2 heterocycles. The van der Waals surface area contributed by atoms with Gasteiger partial charge in [0, 0.05) is 12.1 Å². The molecule has 0 aromatic heterocycles. The van der Waals surface area contributed by atoms with Crippen molar-refractivity contribution in [1.29, 1.82) is 0 Å². The average Bonchev–Trinajstić information content (AvgIpc) is 2.91. The van der Waals surface area contributed by atoms with Gasteiger partial charge in [-0.05, 0) is 73.4 Å². The van der Waals surface area contributed by atoms with Crippen LogP contribution in [0.4, 0.5) is 0 Å². The SMILES string of the molecule is Cc1ccccc1[C@H](/C=C\CB1OC(C)(C)C(C)(C)O1)B1OC(C)(C)C(C)(C)O1. The largest absolute Gasteiger partial charge is 0.469 e. The second-order valence-corrected chi connectivity index (χ2v) is 10.4. The van der Waals surface area contributed by atoms with Crippen LogP contribution >= 0.6 is 0 Å². The first-order valence-electron chi connectivity index (χ1n) is 10.7. The third-order valence-corrected chi connectivity index (χ3v) is 7.09. The molecule has 1 aromatic rings. The highest BCUT2D eigenvalue weighted by Crippen LogP contribution is 2.42. The molecule has 0 aliphatic carbocycles. The highest BCUT2D eigenvalue weighted by atomic mass is 16.7. The zero-order chi connectivity index (χ0) is 21.7. The van der Waals surface area contributed by atoms with Crippen molar-refractivity contribution in [3.63, 3.8) is 0 Å². The third-order valence-electron chi connectivity index (χ3n) is 7.09. The molecule has 0 N–H and O–H groups in total. The summed E-state index contributed by atoms with van der Waals surface area (Å²) in [6.07, 6.45) is 5.02. The monoisotopic (exact) mass is 398 g/mol. The number of allylic oxidation sites excluding steroid dienone is 2. The molecule has 158 valence electrons. The lowest BCUT2D eigenvalue weighted by molar-refractivity contribution is 0.00578. The van der Waals surface area contributed by atoms with Crippen molar-refractivity contribution in [2.45, 2.75) is 96.9 Å². The quantitative estimate of drug-likeness (QED) is 0.495. The molecule has 0 unspecified atom stereocenters. The number of benzene rings is 1. The fourth-order valence-corrected chi connectivity index (χ4v) is 3.73. The van der Waals surface area contributed by atoms with E-state index in [1.54, 1.807) is 0 Å². The van der Waals surface area contributed by atoms with Crippen LogP contribution in [0.5, 0.6) is 0 Å². The Morgan fingerprint density at radius 1 is 0.793 bits per heavy atom. The van der Waals surface area contributed by atoms with E-state index in [0.29, 0.717) is 6.32 Å². The van der Waals surface area contributed by atoms with E-state index >= 15 is 0 Å². The normalized spacial score (nSPS) is 25.7. The molecule has 0 radical (unpaired) electrons. The highest BCUT2D eigenvalue weighted by Gasteiger charge is 2.54. The van der Waals surface area contributed by atoms with Crippen LogP contribution in [0, 0.1) is 6.92 Å². The van der Waals surface area contributed by atoms with Gasteiger partial charge in [0.25, 0.3) is 0 Å². The van der Waals surface area contributed by atoms with Crippen LogP contribution in [-0.2, 0) is 18.6 Å². The smallest absolute Gasteiger partial charge is 0.403 e. The second kappa shape index (κ2) is 7.56. The molecule has 2 aliphatic rings. The highest BCUT2D eigenvalue weighted by molar-refractivity contribution is 6.48. The van der Waals surface area contributed by atoms with E-state index in [-0.39, 0.29) is 42.5 Å². The Bertz CT molecular complexity index is 738. The Hall–Kier alpha value is -1.07. The summed E-state index contributed by atoms with van der Waals surface area (Å²) in [5.74, 6) is -0.000302. The summed E-state index contributed by atoms with van der Waals surface area (Å²) < 4.78 is 25.0. The molecule has 4 nitrogen and oxygen atoms in total. The van der Waals surface area contributed by atoms with Gasteiger partial charge in [0.2, 0.25) is 0 Å². The van der Waals surface area contributed by atoms with Gasteiger partial charge >= 0.3 is 14.2 Å². The van der Waals surface area contributed by atoms with E-state index in [1.165, 1.54) is 11.1 Å². The molecule has 3 rings (SSSR count). The molecule has 0 saturated carbocycles. The van der Waals surface area contributed by atoms with E-state index in [2.05, 4.69) is 98.7 Å². The van der Waals surface area contributed by atoms with Crippen molar-refractivity contribution < 1.29 is 18.6 Å². The minimum atomic E-state index is -0.363. The van der Waals surface area contributed by atoms with Crippen LogP contribution < -0.4 is 0 Å². The zero-order valence-corrected chi connectivity index (χ0v) is 19.5. The summed E-state index contributed by atoms with van der Waals surface area (Å²) in [6.45, 7) is 18.8. The van der Waals surface area contributed by atoms with Crippen LogP contribution in [-0.4, -0.2) is 36.6 Å². The lowest BCUT2D eigenvalue weighted by Crippen LogP contribution is -2.41. The van der Waals surface area contributed by atoms with Crippen LogP contribution in [0.1, 0.15) is 72.3 Å². The van der Waals surface area contributed by atoms with E-state index in [9.17, 15) is 0 Å². The lowest BCUT2D eigenvalue weighted by Gasteiger charge is -2.32. The topological polar surface area (TPSA) is 36.9 Å². The fraction of sp³-hybridized carbons (Fsp3) is 0.652. The van der Waals surface area contributed by atoms with Crippen molar-refractivity contribution in [3.8, 4) is 0 Å². The second-order valence-electron chi connectivity index (χ2n) is 10.4. The maximum atomic E-state index is 6.39. The van der Waals surface area contributed by atoms with Crippen LogP contribution in [0.3, 0.4) is 0 Å². The number of rotatable bonds is 5. The van der Waals surface area contributed by atoms with E-state index in [4.69, 9.17) is 18.6 Å². The molecule has 29 heavy (non-hydrogen) atoms. The van der Waals surface area contributed by atoms with Gasteiger partial charge in [-0.1, -0.05) is 36.4 Å². The number of hydrogen-bond acceptors (Lipinski definition) is 4. The molecular formula is C23H36B2O4. The molecule has 1 atom stereocenters. The molecule has 2 aliphatic heterocycles. The summed E-state index contributed by atoms with van der Waals surface area (Å²) in [7, 11) is -0.581. The van der Waals surface area contributed by atoms with Gasteiger partial charge in [-0.15, -0.1) is 0 Å². The first kappa shape index (κ1) is 22.6. The third kappa shape index (κ3) is 4.36. The molecule has 0 spiro atoms. The minimum absolute atomic E-state index is 0.000302. The number of hydrogen-bond donors (Lipinski definition) is 0. The first-order chi connectivity index (χ1) is 13.3. The van der Waals surface area contributed by atoms with Gasteiger partial charge < -0.3 is 18.6 Å². The van der Waals surface area contributed by atoms with Crippen LogP contribution in [0.2, 0.25) is 6.32 Å². The lowest BCUT2D eigenvalue weighted by atomic mass is 9.66. The molecule has 6 heteroatoms. The van der Waals surface area contributed by atoms with Gasteiger partial charge in [0.1, 0.15) is 0 Å². The molecule has 2 saturated heterocycles. The van der Waals surface area contributed by atoms with E-state index in [1.807, 2.05) is 0 Å². The fourth-order valence-electron chi connectivity index (χ4n) is 3.73. The average molecular weight is 398 g/mol. The van der Waals surface area contributed by atoms with E-state index in [0.717, 1.165) is 0 Å². The Morgan fingerprint density at radius 3 is 1.79 bits per heavy atom. The van der Waals surface area contributed by atoms with Crippen LogP contribution in [0.25, 0.3) is 0 Å². The van der Waals surface area contributed by atoms with Gasteiger partial charge in [-0.25, -0.2) is 0 Å². The Morgan fingerprint density at radius 2 is 1.28 bits per heavy atom. The maximum Gasteiger partial charge on any atom is 0.469 e. The summed E-state index contributed by atoms with van der Waals surface area (Å²) in [5, 5.41) is 0. The Labute approximate surface area is 177 Å². The van der Waals surface area contributed by atoms with Gasteiger partial charge in [0.15, 0.2) is 0 Å². The first-order valence-corrected chi connectivity index (χ1v) is 10.7. The summed E-state index contributed by atoms with van der Waals surface area (Å²) in [5.41, 5.74) is 1.10. The van der Waals surface area contributed by atoms with Crippen LogP contribution in [0.15, 0.2) is 36.4 Å². The summed E-state index contributed by atoms with van der Waals surface area (Å²) in [6, 6.07) is 8.43. The van der Waals surface area contributed by atoms with Crippen molar-refractivity contribution in [3.05, 3.63) is 47.5 Å². The van der Waals surface area contributed by atoms with Crippen molar-refractivity contribution in [2.24, 2.45) is 0 Å². The molecular weight excluding hydrogens is 362 g/mol. The standard InChI is InChI=1S/C23H36B2O4/c1-17-13-10-11-14-18(17)19(25-28-22(6,7)23(8,9)29-25)15-12-16-24-26-20(2,3)21(4,5)27-24/h10-15,19H,16H2,1-9H3/b15-12-/t19-/m0/s1.